The summed E-state index contributed by atoms with van der Waals surface area (Å²) >= 11 is 0. The third kappa shape index (κ3) is 2.77. The van der Waals surface area contributed by atoms with Gasteiger partial charge in [0, 0.05) is 13.0 Å². The molecule has 3 nitrogen and oxygen atoms in total. The monoisotopic (exact) mass is 251 g/mol. The van der Waals surface area contributed by atoms with Gasteiger partial charge in [0.25, 0.3) is 0 Å². The third-order valence-electron chi connectivity index (χ3n) is 4.69. The number of amides is 1. The molecule has 18 heavy (non-hydrogen) atoms. The van der Waals surface area contributed by atoms with Crippen LogP contribution in [-0.2, 0) is 4.79 Å². The lowest BCUT2D eigenvalue weighted by molar-refractivity contribution is -0.135. The van der Waals surface area contributed by atoms with E-state index < -0.39 is 0 Å². The summed E-state index contributed by atoms with van der Waals surface area (Å²) in [4.78, 5) is 14.3. The van der Waals surface area contributed by atoms with Crippen LogP contribution in [0.15, 0.2) is 12.7 Å². The molecule has 1 aliphatic heterocycles. The van der Waals surface area contributed by atoms with Gasteiger partial charge in [-0.3, -0.25) is 4.79 Å². The predicted molar refractivity (Wildman–Crippen MR) is 72.2 cm³/mol. The summed E-state index contributed by atoms with van der Waals surface area (Å²) in [5.41, 5.74) is 0.0257. The summed E-state index contributed by atoms with van der Waals surface area (Å²) in [7, 11) is 0. The van der Waals surface area contributed by atoms with Crippen LogP contribution in [0.5, 0.6) is 0 Å². The van der Waals surface area contributed by atoms with E-state index in [2.05, 4.69) is 6.58 Å². The summed E-state index contributed by atoms with van der Waals surface area (Å²) in [5.74, 6) is 0.216. The van der Waals surface area contributed by atoms with Crippen LogP contribution >= 0.6 is 0 Å². The van der Waals surface area contributed by atoms with Gasteiger partial charge in [0.1, 0.15) is 0 Å². The highest BCUT2D eigenvalue weighted by atomic mass is 16.3. The fraction of sp³-hybridized carbons (Fsp3) is 0.800. The number of rotatable bonds is 4. The molecule has 0 aromatic carbocycles. The van der Waals surface area contributed by atoms with Crippen molar-refractivity contribution in [3.63, 3.8) is 0 Å². The zero-order chi connectivity index (χ0) is 13.0. The standard InChI is InChI=1S/C15H25NO2/c1-2-15(8-4-3-5-9-15)11-14(18)16-10-6-7-13(16)12-17/h2,13,17H,1,3-12H2. The minimum absolute atomic E-state index is 0.0257. The molecule has 0 radical (unpaired) electrons. The Balaban J connectivity index is 1.98. The zero-order valence-electron chi connectivity index (χ0n) is 11.2. The van der Waals surface area contributed by atoms with Crippen molar-refractivity contribution in [1.29, 1.82) is 0 Å². The van der Waals surface area contributed by atoms with E-state index in [-0.39, 0.29) is 24.0 Å². The summed E-state index contributed by atoms with van der Waals surface area (Å²) in [5, 5.41) is 9.30. The minimum Gasteiger partial charge on any atom is -0.394 e. The molecular weight excluding hydrogens is 226 g/mol. The first kappa shape index (κ1) is 13.6. The van der Waals surface area contributed by atoms with Crippen molar-refractivity contribution in [1.82, 2.24) is 4.90 Å². The van der Waals surface area contributed by atoms with Crippen LogP contribution in [0.1, 0.15) is 51.4 Å². The van der Waals surface area contributed by atoms with E-state index in [0.29, 0.717) is 6.42 Å². The minimum atomic E-state index is 0.0257. The van der Waals surface area contributed by atoms with E-state index in [0.717, 1.165) is 32.2 Å². The third-order valence-corrected chi connectivity index (χ3v) is 4.69. The highest BCUT2D eigenvalue weighted by molar-refractivity contribution is 5.78. The molecule has 0 bridgehead atoms. The second kappa shape index (κ2) is 5.87. The molecule has 1 N–H and O–H groups in total. The number of aliphatic hydroxyl groups is 1. The molecule has 0 aromatic heterocycles. The van der Waals surface area contributed by atoms with E-state index in [1.54, 1.807) is 0 Å². The molecule has 1 atom stereocenters. The maximum absolute atomic E-state index is 12.4. The summed E-state index contributed by atoms with van der Waals surface area (Å²) in [6.07, 6.45) is 10.5. The Hall–Kier alpha value is -0.830. The number of carbonyl (C=O) groups excluding carboxylic acids is 1. The second-order valence-corrected chi connectivity index (χ2v) is 5.87. The van der Waals surface area contributed by atoms with E-state index >= 15 is 0 Å². The molecule has 2 fully saturated rings. The number of nitrogens with zero attached hydrogens (tertiary/aromatic N) is 1. The van der Waals surface area contributed by atoms with Crippen molar-refractivity contribution in [2.24, 2.45) is 5.41 Å². The Bertz CT molecular complexity index is 308. The van der Waals surface area contributed by atoms with Gasteiger partial charge in [0.2, 0.25) is 5.91 Å². The van der Waals surface area contributed by atoms with Crippen LogP contribution in [0.2, 0.25) is 0 Å². The number of hydrogen-bond donors (Lipinski definition) is 1. The van der Waals surface area contributed by atoms with Crippen molar-refractivity contribution in [3.8, 4) is 0 Å². The molecular formula is C15H25NO2. The van der Waals surface area contributed by atoms with E-state index in [1.165, 1.54) is 19.3 Å². The molecule has 2 rings (SSSR count). The van der Waals surface area contributed by atoms with Gasteiger partial charge in [-0.1, -0.05) is 25.3 Å². The fourth-order valence-electron chi connectivity index (χ4n) is 3.47. The van der Waals surface area contributed by atoms with Gasteiger partial charge in [-0.2, -0.15) is 0 Å². The molecule has 0 aromatic rings. The highest BCUT2D eigenvalue weighted by Crippen LogP contribution is 2.41. The summed E-state index contributed by atoms with van der Waals surface area (Å²) in [6, 6.07) is 0.0583. The second-order valence-electron chi connectivity index (χ2n) is 5.87. The Morgan fingerprint density at radius 2 is 2.06 bits per heavy atom. The van der Waals surface area contributed by atoms with Crippen molar-refractivity contribution >= 4 is 5.91 Å². The fourth-order valence-corrected chi connectivity index (χ4v) is 3.47. The molecule has 3 heteroatoms. The Morgan fingerprint density at radius 3 is 2.67 bits per heavy atom. The van der Waals surface area contributed by atoms with Crippen LogP contribution in [-0.4, -0.2) is 35.1 Å². The first-order valence-corrected chi connectivity index (χ1v) is 7.25. The summed E-state index contributed by atoms with van der Waals surface area (Å²) in [6.45, 7) is 4.88. The van der Waals surface area contributed by atoms with Gasteiger partial charge in [0.05, 0.1) is 12.6 Å². The maximum atomic E-state index is 12.4. The lowest BCUT2D eigenvalue weighted by Crippen LogP contribution is -2.40. The van der Waals surface area contributed by atoms with Gasteiger partial charge in [-0.15, -0.1) is 6.58 Å². The lowest BCUT2D eigenvalue weighted by Gasteiger charge is -2.36. The molecule has 102 valence electrons. The molecule has 1 saturated carbocycles. The SMILES string of the molecule is C=CC1(CC(=O)N2CCCC2CO)CCCCC1. The number of likely N-dealkylation sites (tertiary alicyclic amines) is 1. The van der Waals surface area contributed by atoms with Crippen molar-refractivity contribution in [2.45, 2.75) is 57.4 Å². The molecule has 2 aliphatic rings. The van der Waals surface area contributed by atoms with Crippen LogP contribution < -0.4 is 0 Å². The molecule has 0 spiro atoms. The average molecular weight is 251 g/mol. The quantitative estimate of drug-likeness (QED) is 0.780. The largest absolute Gasteiger partial charge is 0.394 e. The number of allylic oxidation sites excluding steroid dienone is 1. The molecule has 1 amide bonds. The van der Waals surface area contributed by atoms with E-state index in [4.69, 9.17) is 0 Å². The maximum Gasteiger partial charge on any atom is 0.223 e. The smallest absolute Gasteiger partial charge is 0.223 e. The molecule has 1 aliphatic carbocycles. The normalized spacial score (nSPS) is 27.2. The van der Waals surface area contributed by atoms with Gasteiger partial charge in [-0.05, 0) is 31.1 Å². The molecule has 1 heterocycles. The highest BCUT2D eigenvalue weighted by Gasteiger charge is 2.35. The topological polar surface area (TPSA) is 40.5 Å². The molecule has 1 unspecified atom stereocenters. The van der Waals surface area contributed by atoms with Crippen LogP contribution in [0.4, 0.5) is 0 Å². The Kier molecular flexibility index (Phi) is 4.44. The van der Waals surface area contributed by atoms with Gasteiger partial charge >= 0.3 is 0 Å². The number of aliphatic hydroxyl groups excluding tert-OH is 1. The van der Waals surface area contributed by atoms with Gasteiger partial charge in [0.15, 0.2) is 0 Å². The Labute approximate surface area is 110 Å². The average Bonchev–Trinajstić information content (AvgIpc) is 2.88. The van der Waals surface area contributed by atoms with Crippen LogP contribution in [0.3, 0.4) is 0 Å². The van der Waals surface area contributed by atoms with Crippen molar-refractivity contribution in [2.75, 3.05) is 13.2 Å². The van der Waals surface area contributed by atoms with Crippen LogP contribution in [0.25, 0.3) is 0 Å². The predicted octanol–water partition coefficient (Wildman–Crippen LogP) is 2.50. The van der Waals surface area contributed by atoms with Crippen molar-refractivity contribution in [3.05, 3.63) is 12.7 Å². The summed E-state index contributed by atoms with van der Waals surface area (Å²) < 4.78 is 0. The van der Waals surface area contributed by atoms with E-state index in [9.17, 15) is 9.90 Å². The van der Waals surface area contributed by atoms with E-state index in [1.807, 2.05) is 11.0 Å². The van der Waals surface area contributed by atoms with Gasteiger partial charge in [-0.25, -0.2) is 0 Å². The first-order chi connectivity index (χ1) is 8.71. The van der Waals surface area contributed by atoms with Gasteiger partial charge < -0.3 is 10.0 Å². The van der Waals surface area contributed by atoms with Crippen LogP contribution in [0, 0.1) is 5.41 Å². The number of hydrogen-bond acceptors (Lipinski definition) is 2. The zero-order valence-corrected chi connectivity index (χ0v) is 11.2. The number of carbonyl (C=O) groups is 1. The first-order valence-electron chi connectivity index (χ1n) is 7.25. The lowest BCUT2D eigenvalue weighted by atomic mass is 9.71. The van der Waals surface area contributed by atoms with Crippen molar-refractivity contribution < 1.29 is 9.90 Å². The molecule has 1 saturated heterocycles. The Morgan fingerprint density at radius 1 is 1.33 bits per heavy atom.